The molecule has 4 heteroatoms. The van der Waals surface area contributed by atoms with E-state index in [-0.39, 0.29) is 11.7 Å². The highest BCUT2D eigenvalue weighted by Gasteiger charge is 2.31. The van der Waals surface area contributed by atoms with Gasteiger partial charge in [-0.05, 0) is 38.0 Å². The Morgan fingerprint density at radius 2 is 2.19 bits per heavy atom. The number of carbonyl (C=O) groups is 1. The maximum absolute atomic E-state index is 13.2. The van der Waals surface area contributed by atoms with Crippen LogP contribution in [-0.2, 0) is 0 Å². The summed E-state index contributed by atoms with van der Waals surface area (Å²) in [6.45, 7) is 2.63. The fourth-order valence-corrected chi connectivity index (χ4v) is 2.26. The molecule has 0 heterocycles. The number of carbonyl (C=O) groups excluding carboxylic acids is 1. The molecule has 1 fully saturated rings. The Balaban J connectivity index is 2.24. The van der Waals surface area contributed by atoms with Crippen LogP contribution in [0.5, 0.6) is 0 Å². The minimum atomic E-state index is -0.385. The summed E-state index contributed by atoms with van der Waals surface area (Å²) in [6, 6.07) is 4.67. The molecule has 0 N–H and O–H groups in total. The Labute approximate surface area is 103 Å². The fourth-order valence-electron chi connectivity index (χ4n) is 1.80. The first-order chi connectivity index (χ1) is 7.61. The van der Waals surface area contributed by atoms with Crippen LogP contribution in [0.1, 0.15) is 30.1 Å². The normalized spacial score (nSPS) is 14.9. The van der Waals surface area contributed by atoms with E-state index in [4.69, 9.17) is 0 Å². The Bertz CT molecular complexity index is 397. The lowest BCUT2D eigenvalue weighted by Gasteiger charge is -2.20. The maximum Gasteiger partial charge on any atom is 0.254 e. The number of hydrogen-bond donors (Lipinski definition) is 0. The van der Waals surface area contributed by atoms with Crippen molar-refractivity contribution in [3.05, 3.63) is 34.1 Å². The average Bonchev–Trinajstić information content (AvgIpc) is 3.01. The molecule has 16 heavy (non-hydrogen) atoms. The van der Waals surface area contributed by atoms with Crippen molar-refractivity contribution >= 4 is 21.8 Å². The Hall–Kier alpha value is -0.900. The molecule has 1 saturated carbocycles. The lowest BCUT2D eigenvalue weighted by Crippen LogP contribution is -2.32. The third kappa shape index (κ3) is 2.43. The van der Waals surface area contributed by atoms with Crippen molar-refractivity contribution in [3.8, 4) is 0 Å². The first-order valence-corrected chi connectivity index (χ1v) is 6.18. The van der Waals surface area contributed by atoms with Gasteiger partial charge in [0, 0.05) is 22.6 Å². The Morgan fingerprint density at radius 3 is 2.69 bits per heavy atom. The van der Waals surface area contributed by atoms with Crippen LogP contribution in [0, 0.1) is 5.82 Å². The van der Waals surface area contributed by atoms with Gasteiger partial charge in [-0.3, -0.25) is 4.79 Å². The fraction of sp³-hybridized carbons (Fsp3) is 0.417. The second kappa shape index (κ2) is 4.53. The summed E-state index contributed by atoms with van der Waals surface area (Å²) in [4.78, 5) is 13.9. The SMILES string of the molecule is CCN(C(=O)c1cc(F)cc(Br)c1)C1CC1. The van der Waals surface area contributed by atoms with Crippen LogP contribution in [0.15, 0.2) is 22.7 Å². The lowest BCUT2D eigenvalue weighted by atomic mass is 10.2. The molecule has 0 radical (unpaired) electrons. The topological polar surface area (TPSA) is 20.3 Å². The summed E-state index contributed by atoms with van der Waals surface area (Å²) in [7, 11) is 0. The molecule has 1 aromatic rings. The van der Waals surface area contributed by atoms with Crippen LogP contribution < -0.4 is 0 Å². The molecule has 0 atom stereocenters. The summed E-state index contributed by atoms with van der Waals surface area (Å²) in [5, 5.41) is 0. The molecule has 2 rings (SSSR count). The molecule has 1 aliphatic carbocycles. The summed E-state index contributed by atoms with van der Waals surface area (Å²) in [6.07, 6.45) is 2.13. The highest BCUT2D eigenvalue weighted by atomic mass is 79.9. The van der Waals surface area contributed by atoms with E-state index in [1.54, 1.807) is 11.0 Å². The largest absolute Gasteiger partial charge is 0.336 e. The van der Waals surface area contributed by atoms with Crippen LogP contribution in [0.2, 0.25) is 0 Å². The van der Waals surface area contributed by atoms with Crippen molar-refractivity contribution in [1.29, 1.82) is 0 Å². The minimum absolute atomic E-state index is 0.0785. The molecule has 1 amide bonds. The van der Waals surface area contributed by atoms with Crippen molar-refractivity contribution in [3.63, 3.8) is 0 Å². The second-order valence-corrected chi connectivity index (χ2v) is 4.90. The number of nitrogens with zero attached hydrogens (tertiary/aromatic N) is 1. The van der Waals surface area contributed by atoms with Crippen LogP contribution >= 0.6 is 15.9 Å². The molecule has 0 bridgehead atoms. The molecular formula is C12H13BrFNO. The van der Waals surface area contributed by atoms with E-state index in [2.05, 4.69) is 15.9 Å². The zero-order chi connectivity index (χ0) is 11.7. The van der Waals surface area contributed by atoms with Gasteiger partial charge in [0.25, 0.3) is 5.91 Å². The van der Waals surface area contributed by atoms with E-state index in [1.165, 1.54) is 12.1 Å². The van der Waals surface area contributed by atoms with Gasteiger partial charge in [0.1, 0.15) is 5.82 Å². The van der Waals surface area contributed by atoms with Crippen molar-refractivity contribution in [2.75, 3.05) is 6.54 Å². The smallest absolute Gasteiger partial charge is 0.254 e. The molecule has 1 aromatic carbocycles. The molecule has 2 nitrogen and oxygen atoms in total. The van der Waals surface area contributed by atoms with Gasteiger partial charge in [-0.1, -0.05) is 15.9 Å². The number of halogens is 2. The summed E-state index contributed by atoms with van der Waals surface area (Å²) >= 11 is 3.19. The molecule has 0 aromatic heterocycles. The molecule has 0 spiro atoms. The van der Waals surface area contributed by atoms with Crippen molar-refractivity contribution in [2.45, 2.75) is 25.8 Å². The third-order valence-electron chi connectivity index (χ3n) is 2.70. The van der Waals surface area contributed by atoms with Gasteiger partial charge in [0.05, 0.1) is 0 Å². The standard InChI is InChI=1S/C12H13BrFNO/c1-2-15(11-3-4-11)12(16)8-5-9(13)7-10(14)6-8/h5-7,11H,2-4H2,1H3. The van der Waals surface area contributed by atoms with E-state index in [9.17, 15) is 9.18 Å². The number of amides is 1. The molecule has 1 aliphatic rings. The molecule has 0 unspecified atom stereocenters. The van der Waals surface area contributed by atoms with Gasteiger partial charge in [-0.2, -0.15) is 0 Å². The first kappa shape index (κ1) is 11.6. The number of benzene rings is 1. The lowest BCUT2D eigenvalue weighted by molar-refractivity contribution is 0.0752. The minimum Gasteiger partial charge on any atom is -0.336 e. The van der Waals surface area contributed by atoms with Gasteiger partial charge >= 0.3 is 0 Å². The van der Waals surface area contributed by atoms with E-state index in [0.29, 0.717) is 22.6 Å². The maximum atomic E-state index is 13.2. The zero-order valence-corrected chi connectivity index (χ0v) is 10.6. The Kier molecular flexibility index (Phi) is 3.28. The van der Waals surface area contributed by atoms with Gasteiger partial charge in [-0.15, -0.1) is 0 Å². The average molecular weight is 286 g/mol. The Morgan fingerprint density at radius 1 is 1.50 bits per heavy atom. The number of hydrogen-bond acceptors (Lipinski definition) is 1. The summed E-state index contributed by atoms with van der Waals surface area (Å²) in [5.74, 6) is -0.463. The monoisotopic (exact) mass is 285 g/mol. The first-order valence-electron chi connectivity index (χ1n) is 5.39. The third-order valence-corrected chi connectivity index (χ3v) is 3.16. The van der Waals surface area contributed by atoms with E-state index >= 15 is 0 Å². The van der Waals surface area contributed by atoms with Crippen molar-refractivity contribution < 1.29 is 9.18 Å². The zero-order valence-electron chi connectivity index (χ0n) is 9.04. The van der Waals surface area contributed by atoms with Crippen molar-refractivity contribution in [2.24, 2.45) is 0 Å². The highest BCUT2D eigenvalue weighted by Crippen LogP contribution is 2.28. The van der Waals surface area contributed by atoms with Crippen molar-refractivity contribution in [1.82, 2.24) is 4.90 Å². The molecule has 86 valence electrons. The van der Waals surface area contributed by atoms with Gasteiger partial charge in [0.2, 0.25) is 0 Å². The van der Waals surface area contributed by atoms with Gasteiger partial charge in [0.15, 0.2) is 0 Å². The van der Waals surface area contributed by atoms with E-state index < -0.39 is 0 Å². The van der Waals surface area contributed by atoms with E-state index in [1.807, 2.05) is 6.92 Å². The van der Waals surface area contributed by atoms with E-state index in [0.717, 1.165) is 12.8 Å². The summed E-state index contributed by atoms with van der Waals surface area (Å²) < 4.78 is 13.8. The molecular weight excluding hydrogens is 273 g/mol. The highest BCUT2D eigenvalue weighted by molar-refractivity contribution is 9.10. The summed E-state index contributed by atoms with van der Waals surface area (Å²) in [5.41, 5.74) is 0.417. The van der Waals surface area contributed by atoms with Crippen LogP contribution in [-0.4, -0.2) is 23.4 Å². The van der Waals surface area contributed by atoms with Gasteiger partial charge < -0.3 is 4.90 Å². The number of rotatable bonds is 3. The van der Waals surface area contributed by atoms with Crippen LogP contribution in [0.3, 0.4) is 0 Å². The molecule has 0 aliphatic heterocycles. The second-order valence-electron chi connectivity index (χ2n) is 3.98. The predicted molar refractivity (Wildman–Crippen MR) is 63.8 cm³/mol. The predicted octanol–water partition coefficient (Wildman–Crippen LogP) is 3.21. The van der Waals surface area contributed by atoms with Crippen LogP contribution in [0.25, 0.3) is 0 Å². The quantitative estimate of drug-likeness (QED) is 0.835. The van der Waals surface area contributed by atoms with Gasteiger partial charge in [-0.25, -0.2) is 4.39 Å². The van der Waals surface area contributed by atoms with Crippen LogP contribution in [0.4, 0.5) is 4.39 Å². The molecule has 0 saturated heterocycles.